The van der Waals surface area contributed by atoms with Crippen molar-refractivity contribution in [3.63, 3.8) is 0 Å². The fraction of sp³-hybridized carbons (Fsp3) is 0.364. The van der Waals surface area contributed by atoms with Gasteiger partial charge in [-0.25, -0.2) is 4.98 Å². The van der Waals surface area contributed by atoms with Gasteiger partial charge >= 0.3 is 0 Å². The van der Waals surface area contributed by atoms with Gasteiger partial charge in [-0.1, -0.05) is 12.1 Å². The molecule has 1 aliphatic rings. The third-order valence-corrected chi connectivity index (χ3v) is 5.36. The number of carbonyl (C=O) groups is 2. The fourth-order valence-electron chi connectivity index (χ4n) is 3.78. The van der Waals surface area contributed by atoms with E-state index in [1.807, 2.05) is 0 Å². The molecular weight excluding hydrogens is 396 g/mol. The van der Waals surface area contributed by atoms with Crippen LogP contribution in [0.5, 0.6) is 0 Å². The maximum absolute atomic E-state index is 12.8. The van der Waals surface area contributed by atoms with E-state index in [4.69, 9.17) is 0 Å². The Balaban J connectivity index is 1.56. The van der Waals surface area contributed by atoms with Crippen LogP contribution in [-0.4, -0.2) is 50.7 Å². The number of nitrogens with zero attached hydrogens (tertiary/aromatic N) is 4. The van der Waals surface area contributed by atoms with E-state index in [1.54, 1.807) is 61.0 Å². The zero-order chi connectivity index (χ0) is 22.2. The average molecular weight is 422 g/mol. The van der Waals surface area contributed by atoms with Crippen LogP contribution in [0, 0.1) is 0 Å². The second-order valence-electron chi connectivity index (χ2n) is 8.32. The second-order valence-corrected chi connectivity index (χ2v) is 8.32. The Kier molecular flexibility index (Phi) is 5.36. The molecule has 9 nitrogen and oxygen atoms in total. The molecule has 0 radical (unpaired) electrons. The topological polar surface area (TPSA) is 112 Å². The molecule has 0 saturated carbocycles. The lowest BCUT2D eigenvalue weighted by molar-refractivity contribution is -0.119. The minimum absolute atomic E-state index is 0.0469. The first-order chi connectivity index (χ1) is 14.7. The van der Waals surface area contributed by atoms with Gasteiger partial charge in [0.05, 0.1) is 11.8 Å². The van der Waals surface area contributed by atoms with Crippen LogP contribution in [0.4, 0.5) is 11.6 Å². The van der Waals surface area contributed by atoms with Crippen molar-refractivity contribution in [1.82, 2.24) is 19.9 Å². The summed E-state index contributed by atoms with van der Waals surface area (Å²) in [5, 5.41) is 20.2. The molecule has 9 heteroatoms. The molecule has 4 rings (SSSR count). The molecule has 31 heavy (non-hydrogen) atoms. The van der Waals surface area contributed by atoms with Gasteiger partial charge in [0, 0.05) is 43.8 Å². The summed E-state index contributed by atoms with van der Waals surface area (Å²) in [4.78, 5) is 30.7. The minimum atomic E-state index is -0.969. The van der Waals surface area contributed by atoms with E-state index in [0.717, 1.165) is 24.3 Å². The highest BCUT2D eigenvalue weighted by atomic mass is 16.3. The Morgan fingerprint density at radius 2 is 1.94 bits per heavy atom. The molecular formula is C22H26N6O3. The van der Waals surface area contributed by atoms with Gasteiger partial charge in [0.1, 0.15) is 11.6 Å². The van der Waals surface area contributed by atoms with Gasteiger partial charge in [-0.2, -0.15) is 9.61 Å². The molecule has 0 aliphatic carbocycles. The van der Waals surface area contributed by atoms with Crippen molar-refractivity contribution in [3.8, 4) is 0 Å². The number of hydrogen-bond donors (Lipinski definition) is 3. The first-order valence-electron chi connectivity index (χ1n) is 10.2. The third-order valence-electron chi connectivity index (χ3n) is 5.36. The summed E-state index contributed by atoms with van der Waals surface area (Å²) >= 11 is 0. The van der Waals surface area contributed by atoms with Gasteiger partial charge < -0.3 is 20.6 Å². The van der Waals surface area contributed by atoms with Crippen LogP contribution in [0.15, 0.2) is 42.6 Å². The maximum atomic E-state index is 12.8. The molecule has 0 bridgehead atoms. The standard InChI is InChI=1S/C22H26N6O3/c1-14(29)24-17-9-11-27(13-17)20-12-18(25-19-8-10-23-28(19)20)26-21(30)15-4-6-16(7-5-15)22(2,3)31/h4-8,10,12,17,31H,9,11,13H2,1-3H3,(H,24,29)(H,25,26,30)/t17-/m0/s1. The zero-order valence-electron chi connectivity index (χ0n) is 17.8. The molecule has 1 fully saturated rings. The van der Waals surface area contributed by atoms with Crippen molar-refractivity contribution >= 4 is 29.1 Å². The average Bonchev–Trinajstić information content (AvgIpc) is 3.35. The van der Waals surface area contributed by atoms with E-state index < -0.39 is 5.60 Å². The van der Waals surface area contributed by atoms with Gasteiger partial charge in [-0.05, 0) is 38.0 Å². The Morgan fingerprint density at radius 1 is 1.19 bits per heavy atom. The minimum Gasteiger partial charge on any atom is -0.386 e. The largest absolute Gasteiger partial charge is 0.386 e. The number of rotatable bonds is 5. The summed E-state index contributed by atoms with van der Waals surface area (Å²) in [6.45, 7) is 6.33. The molecule has 2 aromatic heterocycles. The van der Waals surface area contributed by atoms with Gasteiger partial charge in [0.2, 0.25) is 5.91 Å². The van der Waals surface area contributed by atoms with E-state index >= 15 is 0 Å². The lowest BCUT2D eigenvalue weighted by atomic mass is 9.97. The SMILES string of the molecule is CC(=O)N[C@H]1CCN(c2cc(NC(=O)c3ccc(C(C)(C)O)cc3)nc3ccnn23)C1. The number of aromatic nitrogens is 3. The van der Waals surface area contributed by atoms with Crippen molar-refractivity contribution in [2.24, 2.45) is 0 Å². The highest BCUT2D eigenvalue weighted by Gasteiger charge is 2.26. The number of fused-ring (bicyclic) bond motifs is 1. The van der Waals surface area contributed by atoms with Gasteiger partial charge in [0.25, 0.3) is 5.91 Å². The van der Waals surface area contributed by atoms with Crippen LogP contribution >= 0.6 is 0 Å². The molecule has 162 valence electrons. The predicted octanol–water partition coefficient (Wildman–Crippen LogP) is 1.92. The van der Waals surface area contributed by atoms with E-state index in [0.29, 0.717) is 23.6 Å². The molecule has 1 atom stereocenters. The van der Waals surface area contributed by atoms with Crippen molar-refractivity contribution in [2.75, 3.05) is 23.3 Å². The molecule has 1 saturated heterocycles. The first-order valence-corrected chi connectivity index (χ1v) is 10.2. The van der Waals surface area contributed by atoms with Crippen LogP contribution in [0.3, 0.4) is 0 Å². The van der Waals surface area contributed by atoms with Crippen molar-refractivity contribution in [3.05, 3.63) is 53.7 Å². The van der Waals surface area contributed by atoms with Crippen LogP contribution in [0.25, 0.3) is 5.65 Å². The maximum Gasteiger partial charge on any atom is 0.256 e. The number of aliphatic hydroxyl groups is 1. The fourth-order valence-corrected chi connectivity index (χ4v) is 3.78. The van der Waals surface area contributed by atoms with Crippen LogP contribution in [0.2, 0.25) is 0 Å². The molecule has 1 aliphatic heterocycles. The van der Waals surface area contributed by atoms with Crippen LogP contribution < -0.4 is 15.5 Å². The first kappa shape index (κ1) is 20.8. The summed E-state index contributed by atoms with van der Waals surface area (Å²) in [5.74, 6) is 0.884. The summed E-state index contributed by atoms with van der Waals surface area (Å²) in [6.07, 6.45) is 2.49. The van der Waals surface area contributed by atoms with E-state index in [1.165, 1.54) is 6.92 Å². The molecule has 3 aromatic rings. The molecule has 2 amide bonds. The normalized spacial score (nSPS) is 16.5. The lowest BCUT2D eigenvalue weighted by Crippen LogP contribution is -2.36. The number of nitrogens with one attached hydrogen (secondary N) is 2. The number of benzene rings is 1. The second kappa shape index (κ2) is 7.99. The summed E-state index contributed by atoms with van der Waals surface area (Å²) in [7, 11) is 0. The predicted molar refractivity (Wildman–Crippen MR) is 117 cm³/mol. The summed E-state index contributed by atoms with van der Waals surface area (Å²) in [5.41, 5.74) is 0.848. The van der Waals surface area contributed by atoms with E-state index in [9.17, 15) is 14.7 Å². The highest BCUT2D eigenvalue weighted by molar-refractivity contribution is 6.04. The van der Waals surface area contributed by atoms with Gasteiger partial charge in [-0.3, -0.25) is 9.59 Å². The Hall–Kier alpha value is -3.46. The lowest BCUT2D eigenvalue weighted by Gasteiger charge is -2.20. The van der Waals surface area contributed by atoms with E-state index in [-0.39, 0.29) is 17.9 Å². The quantitative estimate of drug-likeness (QED) is 0.579. The van der Waals surface area contributed by atoms with Gasteiger partial charge in [-0.15, -0.1) is 0 Å². The van der Waals surface area contributed by atoms with Crippen LogP contribution in [0.1, 0.15) is 43.1 Å². The van der Waals surface area contributed by atoms with Crippen molar-refractivity contribution in [1.29, 1.82) is 0 Å². The smallest absolute Gasteiger partial charge is 0.256 e. The number of carbonyl (C=O) groups excluding carboxylic acids is 2. The summed E-state index contributed by atoms with van der Waals surface area (Å²) < 4.78 is 1.73. The zero-order valence-corrected chi connectivity index (χ0v) is 17.8. The number of amides is 2. The highest BCUT2D eigenvalue weighted by Crippen LogP contribution is 2.25. The summed E-state index contributed by atoms with van der Waals surface area (Å²) in [6, 6.07) is 10.5. The van der Waals surface area contributed by atoms with Crippen molar-refractivity contribution < 1.29 is 14.7 Å². The Labute approximate surface area is 180 Å². The number of anilines is 2. The Morgan fingerprint density at radius 3 is 2.61 bits per heavy atom. The monoisotopic (exact) mass is 422 g/mol. The van der Waals surface area contributed by atoms with E-state index in [2.05, 4.69) is 25.6 Å². The molecule has 3 N–H and O–H groups in total. The van der Waals surface area contributed by atoms with Crippen LogP contribution in [-0.2, 0) is 10.4 Å². The Bertz CT molecular complexity index is 1120. The number of hydrogen-bond acceptors (Lipinski definition) is 6. The van der Waals surface area contributed by atoms with Gasteiger partial charge in [0.15, 0.2) is 5.65 Å². The van der Waals surface area contributed by atoms with Crippen molar-refractivity contribution in [2.45, 2.75) is 38.8 Å². The molecule has 1 aromatic carbocycles. The third kappa shape index (κ3) is 4.51. The molecule has 3 heterocycles. The molecule has 0 spiro atoms. The molecule has 0 unspecified atom stereocenters.